The molecule has 0 bridgehead atoms. The predicted molar refractivity (Wildman–Crippen MR) is 48.3 cm³/mol. The van der Waals surface area contributed by atoms with Crippen LogP contribution >= 0.6 is 0 Å². The average Bonchev–Trinajstić information content (AvgIpc) is 3.01. The van der Waals surface area contributed by atoms with Crippen molar-refractivity contribution in [2.75, 3.05) is 0 Å². The van der Waals surface area contributed by atoms with Gasteiger partial charge in [0.1, 0.15) is 17.0 Å². The topological polar surface area (TPSA) is 39.2 Å². The van der Waals surface area contributed by atoms with Crippen molar-refractivity contribution >= 4 is 6.29 Å². The summed E-state index contributed by atoms with van der Waals surface area (Å²) >= 11 is 0. The highest BCUT2D eigenvalue weighted by Crippen LogP contribution is 2.38. The van der Waals surface area contributed by atoms with E-state index in [1.807, 2.05) is 0 Å². The van der Waals surface area contributed by atoms with Crippen molar-refractivity contribution in [2.24, 2.45) is 0 Å². The Morgan fingerprint density at radius 1 is 1.44 bits per heavy atom. The number of carbonyl (C=O) groups excluding carboxylic acids is 1. The van der Waals surface area contributed by atoms with Gasteiger partial charge >= 0.3 is 6.18 Å². The van der Waals surface area contributed by atoms with E-state index >= 15 is 0 Å². The first-order chi connectivity index (χ1) is 7.50. The van der Waals surface area contributed by atoms with E-state index in [1.54, 1.807) is 0 Å². The summed E-state index contributed by atoms with van der Waals surface area (Å²) in [7, 11) is 0. The van der Waals surface area contributed by atoms with Gasteiger partial charge < -0.3 is 4.74 Å². The Bertz CT molecular complexity index is 413. The number of ether oxygens (including phenoxy) is 1. The van der Waals surface area contributed by atoms with Crippen LogP contribution in [0.5, 0.6) is 5.75 Å². The van der Waals surface area contributed by atoms with Crippen LogP contribution in [0.4, 0.5) is 13.2 Å². The highest BCUT2D eigenvalue weighted by Gasteiger charge is 2.36. The fourth-order valence-corrected chi connectivity index (χ4v) is 1.20. The van der Waals surface area contributed by atoms with Gasteiger partial charge in [-0.3, -0.25) is 4.79 Å². The summed E-state index contributed by atoms with van der Waals surface area (Å²) in [6.45, 7) is 0. The molecule has 0 aromatic carbocycles. The van der Waals surface area contributed by atoms with Gasteiger partial charge in [0.15, 0.2) is 6.29 Å². The minimum atomic E-state index is -4.54. The molecule has 0 unspecified atom stereocenters. The van der Waals surface area contributed by atoms with Gasteiger partial charge in [0.25, 0.3) is 0 Å². The minimum absolute atomic E-state index is 0.148. The smallest absolute Gasteiger partial charge is 0.420 e. The molecule has 0 atom stereocenters. The van der Waals surface area contributed by atoms with Crippen LogP contribution in [0.25, 0.3) is 0 Å². The van der Waals surface area contributed by atoms with Crippen molar-refractivity contribution in [3.63, 3.8) is 0 Å². The molecule has 1 aliphatic rings. The molecule has 0 amide bonds. The lowest BCUT2D eigenvalue weighted by molar-refractivity contribution is -0.139. The Morgan fingerprint density at radius 2 is 2.12 bits per heavy atom. The number of aldehydes is 1. The van der Waals surface area contributed by atoms with Crippen LogP contribution in [0.1, 0.15) is 28.9 Å². The van der Waals surface area contributed by atoms with Gasteiger partial charge in [0.2, 0.25) is 0 Å². The van der Waals surface area contributed by atoms with Gasteiger partial charge in [-0.1, -0.05) is 0 Å². The summed E-state index contributed by atoms with van der Waals surface area (Å²) < 4.78 is 42.9. The lowest BCUT2D eigenvalue weighted by Crippen LogP contribution is -2.11. The molecule has 0 radical (unpaired) electrons. The number of alkyl halides is 3. The Balaban J connectivity index is 2.37. The van der Waals surface area contributed by atoms with Gasteiger partial charge in [-0.2, -0.15) is 13.2 Å². The zero-order valence-corrected chi connectivity index (χ0v) is 8.12. The summed E-state index contributed by atoms with van der Waals surface area (Å²) in [6.07, 6.45) is -1.95. The number of nitrogens with zero attached hydrogens (tertiary/aromatic N) is 1. The largest absolute Gasteiger partial charge is 0.488 e. The minimum Gasteiger partial charge on any atom is -0.488 e. The second-order valence-corrected chi connectivity index (χ2v) is 3.54. The third-order valence-electron chi connectivity index (χ3n) is 2.13. The molecule has 6 heteroatoms. The fraction of sp³-hybridized carbons (Fsp3) is 0.400. The van der Waals surface area contributed by atoms with Crippen LogP contribution < -0.4 is 4.74 Å². The van der Waals surface area contributed by atoms with E-state index in [1.165, 1.54) is 0 Å². The predicted octanol–water partition coefficient (Wildman–Crippen LogP) is 2.45. The summed E-state index contributed by atoms with van der Waals surface area (Å²) in [4.78, 5) is 13.9. The second-order valence-electron chi connectivity index (χ2n) is 3.54. The molecule has 86 valence electrons. The van der Waals surface area contributed by atoms with Crippen molar-refractivity contribution < 1.29 is 22.7 Å². The van der Waals surface area contributed by atoms with E-state index in [-0.39, 0.29) is 23.8 Å². The zero-order valence-electron chi connectivity index (χ0n) is 8.12. The molecule has 1 aromatic heterocycles. The van der Waals surface area contributed by atoms with Crippen LogP contribution in [-0.4, -0.2) is 17.4 Å². The third kappa shape index (κ3) is 2.32. The molecule has 3 nitrogen and oxygen atoms in total. The molecule has 1 fully saturated rings. The van der Waals surface area contributed by atoms with Crippen LogP contribution in [0, 0.1) is 0 Å². The maximum atomic E-state index is 12.6. The van der Waals surface area contributed by atoms with Crippen molar-refractivity contribution in [3.8, 4) is 5.75 Å². The lowest BCUT2D eigenvalue weighted by Gasteiger charge is -2.13. The maximum Gasteiger partial charge on any atom is 0.420 e. The molecule has 1 saturated carbocycles. The van der Waals surface area contributed by atoms with Crippen LogP contribution in [-0.2, 0) is 6.18 Å². The van der Waals surface area contributed by atoms with E-state index in [2.05, 4.69) is 4.98 Å². The average molecular weight is 231 g/mol. The van der Waals surface area contributed by atoms with Crippen molar-refractivity contribution in [2.45, 2.75) is 25.1 Å². The maximum absolute atomic E-state index is 12.6. The first-order valence-corrected chi connectivity index (χ1v) is 4.70. The third-order valence-corrected chi connectivity index (χ3v) is 2.13. The highest BCUT2D eigenvalue weighted by molar-refractivity contribution is 5.72. The summed E-state index contributed by atoms with van der Waals surface area (Å²) in [5.74, 6) is -0.305. The Morgan fingerprint density at radius 3 is 2.62 bits per heavy atom. The monoisotopic (exact) mass is 231 g/mol. The summed E-state index contributed by atoms with van der Waals surface area (Å²) in [6, 6.07) is 0.699. The first kappa shape index (κ1) is 10.9. The zero-order chi connectivity index (χ0) is 11.8. The van der Waals surface area contributed by atoms with Crippen molar-refractivity contribution in [1.29, 1.82) is 0 Å². The Labute approximate surface area is 89.2 Å². The van der Waals surface area contributed by atoms with Crippen molar-refractivity contribution in [3.05, 3.63) is 23.5 Å². The van der Waals surface area contributed by atoms with Gasteiger partial charge in [-0.15, -0.1) is 0 Å². The van der Waals surface area contributed by atoms with Gasteiger partial charge in [-0.05, 0) is 18.9 Å². The molecule has 2 rings (SSSR count). The quantitative estimate of drug-likeness (QED) is 0.750. The first-order valence-electron chi connectivity index (χ1n) is 4.70. The highest BCUT2D eigenvalue weighted by atomic mass is 19.4. The number of hydrogen-bond donors (Lipinski definition) is 0. The lowest BCUT2D eigenvalue weighted by atomic mass is 10.2. The van der Waals surface area contributed by atoms with Crippen LogP contribution in [0.15, 0.2) is 12.3 Å². The Hall–Kier alpha value is -1.59. The number of hydrogen-bond acceptors (Lipinski definition) is 3. The van der Waals surface area contributed by atoms with E-state index in [0.717, 1.165) is 19.0 Å². The number of aromatic nitrogens is 1. The summed E-state index contributed by atoms with van der Waals surface area (Å²) in [5.41, 5.74) is -1.20. The molecule has 1 aromatic rings. The van der Waals surface area contributed by atoms with Crippen molar-refractivity contribution in [1.82, 2.24) is 4.98 Å². The molecule has 0 aliphatic heterocycles. The summed E-state index contributed by atoms with van der Waals surface area (Å²) in [5, 5.41) is 0. The van der Waals surface area contributed by atoms with E-state index in [4.69, 9.17) is 4.74 Å². The molecule has 0 saturated heterocycles. The molecule has 1 heterocycles. The molecule has 0 N–H and O–H groups in total. The fourth-order valence-electron chi connectivity index (χ4n) is 1.20. The number of halogens is 3. The normalized spacial score (nSPS) is 15.9. The molecular formula is C10H8F3NO2. The second kappa shape index (κ2) is 3.77. The molecule has 16 heavy (non-hydrogen) atoms. The van der Waals surface area contributed by atoms with E-state index < -0.39 is 11.7 Å². The number of rotatable bonds is 3. The standard InChI is InChI=1S/C10H8F3NO2/c11-10(12,13)8-3-6(5-15)14-4-9(8)16-7-1-2-7/h3-5,7H,1-2H2. The SMILES string of the molecule is O=Cc1cc(C(F)(F)F)c(OC2CC2)cn1. The van der Waals surface area contributed by atoms with Gasteiger partial charge in [0.05, 0.1) is 12.3 Å². The van der Waals surface area contributed by atoms with E-state index in [9.17, 15) is 18.0 Å². The molecule has 1 aliphatic carbocycles. The Kier molecular flexibility index (Phi) is 2.57. The van der Waals surface area contributed by atoms with E-state index in [0.29, 0.717) is 6.07 Å². The number of pyridine rings is 1. The number of carbonyl (C=O) groups is 1. The molecular weight excluding hydrogens is 223 g/mol. The van der Waals surface area contributed by atoms with Gasteiger partial charge in [-0.25, -0.2) is 4.98 Å². The van der Waals surface area contributed by atoms with Crippen LogP contribution in [0.2, 0.25) is 0 Å². The molecule has 0 spiro atoms. The van der Waals surface area contributed by atoms with Gasteiger partial charge in [0, 0.05) is 0 Å². The van der Waals surface area contributed by atoms with Crippen LogP contribution in [0.3, 0.4) is 0 Å².